The normalized spacial score (nSPS) is 29.8. The molecule has 1 heterocycles. The Morgan fingerprint density at radius 1 is 1.54 bits per heavy atom. The highest BCUT2D eigenvalue weighted by atomic mass is 19.1. The number of hydrogen-bond donors (Lipinski definition) is 1. The molecule has 0 amide bonds. The van der Waals surface area contributed by atoms with Gasteiger partial charge < -0.3 is 5.11 Å². The van der Waals surface area contributed by atoms with Crippen LogP contribution in [-0.2, 0) is 0 Å². The second kappa shape index (κ2) is 5.55. The smallest absolute Gasteiger partial charge is 0.102 e. The van der Waals surface area contributed by atoms with E-state index >= 15 is 0 Å². The van der Waals surface area contributed by atoms with Gasteiger partial charge in [-0.15, -0.1) is 0 Å². The van der Waals surface area contributed by atoms with E-state index in [9.17, 15) is 9.50 Å². The zero-order valence-electron chi connectivity index (χ0n) is 8.38. The second-order valence-electron chi connectivity index (χ2n) is 3.87. The van der Waals surface area contributed by atoms with Crippen molar-refractivity contribution in [1.82, 2.24) is 4.90 Å². The Morgan fingerprint density at radius 3 is 2.92 bits per heavy atom. The number of nitrogens with zero attached hydrogens (tertiary/aromatic N) is 1. The van der Waals surface area contributed by atoms with Crippen molar-refractivity contribution in [2.75, 3.05) is 19.8 Å². The lowest BCUT2D eigenvalue weighted by Crippen LogP contribution is -2.31. The van der Waals surface area contributed by atoms with Gasteiger partial charge in [0.15, 0.2) is 0 Å². The van der Waals surface area contributed by atoms with Gasteiger partial charge in [-0.1, -0.05) is 19.8 Å². The van der Waals surface area contributed by atoms with E-state index in [1.807, 2.05) is 0 Å². The van der Waals surface area contributed by atoms with E-state index in [-0.39, 0.29) is 12.8 Å². The highest BCUT2D eigenvalue weighted by Gasteiger charge is 2.29. The maximum Gasteiger partial charge on any atom is 0.102 e. The van der Waals surface area contributed by atoms with E-state index in [1.165, 1.54) is 12.8 Å². The molecule has 1 fully saturated rings. The fraction of sp³-hybridized carbons (Fsp3) is 1.00. The first-order chi connectivity index (χ1) is 6.27. The molecule has 0 saturated carbocycles. The molecule has 1 rings (SSSR count). The van der Waals surface area contributed by atoms with E-state index in [0.29, 0.717) is 19.1 Å². The van der Waals surface area contributed by atoms with Gasteiger partial charge >= 0.3 is 0 Å². The van der Waals surface area contributed by atoms with Crippen LogP contribution in [0.25, 0.3) is 0 Å². The van der Waals surface area contributed by atoms with Gasteiger partial charge in [0.2, 0.25) is 0 Å². The van der Waals surface area contributed by atoms with Crippen molar-refractivity contribution in [1.29, 1.82) is 0 Å². The van der Waals surface area contributed by atoms with E-state index < -0.39 is 0 Å². The van der Waals surface area contributed by atoms with Crippen molar-refractivity contribution in [2.45, 2.75) is 44.8 Å². The third-order valence-electron chi connectivity index (χ3n) is 2.77. The van der Waals surface area contributed by atoms with Gasteiger partial charge in [0, 0.05) is 19.1 Å². The van der Waals surface area contributed by atoms with Crippen molar-refractivity contribution in [3.8, 4) is 0 Å². The summed E-state index contributed by atoms with van der Waals surface area (Å²) in [6.45, 7) is 3.02. The first-order valence-corrected chi connectivity index (χ1v) is 5.26. The Kier molecular flexibility index (Phi) is 4.67. The van der Waals surface area contributed by atoms with Crippen LogP contribution in [-0.4, -0.2) is 41.9 Å². The SMILES string of the molecule is CCCC[C@@H]1C[C@H](O)CN1CCF. The monoisotopic (exact) mass is 189 g/mol. The average molecular weight is 189 g/mol. The molecule has 0 aromatic rings. The van der Waals surface area contributed by atoms with Crippen LogP contribution >= 0.6 is 0 Å². The van der Waals surface area contributed by atoms with Crippen molar-refractivity contribution >= 4 is 0 Å². The second-order valence-corrected chi connectivity index (χ2v) is 3.87. The molecule has 1 aliphatic heterocycles. The average Bonchev–Trinajstić information content (AvgIpc) is 2.44. The molecule has 0 unspecified atom stereocenters. The number of likely N-dealkylation sites (tertiary alicyclic amines) is 1. The summed E-state index contributed by atoms with van der Waals surface area (Å²) in [6, 6.07) is 0.422. The molecular weight excluding hydrogens is 169 g/mol. The highest BCUT2D eigenvalue weighted by molar-refractivity contribution is 4.84. The van der Waals surface area contributed by atoms with Crippen LogP contribution < -0.4 is 0 Å². The maximum absolute atomic E-state index is 12.1. The van der Waals surface area contributed by atoms with Crippen LogP contribution in [0.15, 0.2) is 0 Å². The molecule has 3 heteroatoms. The minimum absolute atomic E-state index is 0.228. The molecule has 0 spiro atoms. The molecule has 0 bridgehead atoms. The van der Waals surface area contributed by atoms with Crippen LogP contribution in [0.3, 0.4) is 0 Å². The minimum atomic E-state index is -0.296. The topological polar surface area (TPSA) is 23.5 Å². The zero-order chi connectivity index (χ0) is 9.68. The Balaban J connectivity index is 2.31. The standard InChI is InChI=1S/C10H20FNO/c1-2-3-4-9-7-10(13)8-12(9)6-5-11/h9-10,13H,2-8H2,1H3/t9-,10+/m1/s1. The quantitative estimate of drug-likeness (QED) is 0.710. The Morgan fingerprint density at radius 2 is 2.31 bits per heavy atom. The molecule has 0 aliphatic carbocycles. The number of halogens is 1. The summed E-state index contributed by atoms with van der Waals surface area (Å²) in [5, 5.41) is 9.43. The first kappa shape index (κ1) is 10.9. The molecule has 0 aromatic heterocycles. The number of rotatable bonds is 5. The minimum Gasteiger partial charge on any atom is -0.392 e. The lowest BCUT2D eigenvalue weighted by atomic mass is 10.1. The molecule has 2 nitrogen and oxygen atoms in total. The van der Waals surface area contributed by atoms with Gasteiger partial charge in [0.25, 0.3) is 0 Å². The van der Waals surface area contributed by atoms with Gasteiger partial charge in [-0.2, -0.15) is 0 Å². The summed E-state index contributed by atoms with van der Waals surface area (Å²) in [5.74, 6) is 0. The summed E-state index contributed by atoms with van der Waals surface area (Å²) in [4.78, 5) is 2.08. The summed E-state index contributed by atoms with van der Waals surface area (Å²) in [5.41, 5.74) is 0. The predicted octanol–water partition coefficient (Wildman–Crippen LogP) is 1.58. The number of β-amino-alcohol motifs (C(OH)–C–C–N with tert-alkyl or cyclic N) is 1. The molecule has 0 aromatic carbocycles. The van der Waals surface area contributed by atoms with Crippen LogP contribution in [0, 0.1) is 0 Å². The predicted molar refractivity (Wildman–Crippen MR) is 51.5 cm³/mol. The van der Waals surface area contributed by atoms with Gasteiger partial charge in [0.05, 0.1) is 6.10 Å². The molecule has 1 N–H and O–H groups in total. The summed E-state index contributed by atoms with van der Waals surface area (Å²) in [6.07, 6.45) is 4.07. The van der Waals surface area contributed by atoms with Gasteiger partial charge in [-0.3, -0.25) is 4.90 Å². The van der Waals surface area contributed by atoms with Gasteiger partial charge in [0.1, 0.15) is 6.67 Å². The van der Waals surface area contributed by atoms with Crippen LogP contribution in [0.2, 0.25) is 0 Å². The van der Waals surface area contributed by atoms with Crippen LogP contribution in [0.4, 0.5) is 4.39 Å². The summed E-state index contributed by atoms with van der Waals surface area (Å²) < 4.78 is 12.1. The van der Waals surface area contributed by atoms with Gasteiger partial charge in [-0.25, -0.2) is 4.39 Å². The number of hydrogen-bond acceptors (Lipinski definition) is 2. The number of aliphatic hydroxyl groups is 1. The highest BCUT2D eigenvalue weighted by Crippen LogP contribution is 2.21. The summed E-state index contributed by atoms with van der Waals surface area (Å²) >= 11 is 0. The largest absolute Gasteiger partial charge is 0.392 e. The molecule has 13 heavy (non-hydrogen) atoms. The molecule has 78 valence electrons. The number of aliphatic hydroxyl groups excluding tert-OH is 1. The summed E-state index contributed by atoms with van der Waals surface area (Å²) in [7, 11) is 0. The number of unbranched alkanes of at least 4 members (excludes halogenated alkanes) is 1. The van der Waals surface area contributed by atoms with Gasteiger partial charge in [-0.05, 0) is 12.8 Å². The third kappa shape index (κ3) is 3.24. The Hall–Kier alpha value is -0.150. The van der Waals surface area contributed by atoms with Crippen molar-refractivity contribution in [2.24, 2.45) is 0 Å². The van der Waals surface area contributed by atoms with Crippen molar-refractivity contribution in [3.05, 3.63) is 0 Å². The van der Waals surface area contributed by atoms with E-state index in [1.54, 1.807) is 0 Å². The fourth-order valence-electron chi connectivity index (χ4n) is 2.08. The van der Waals surface area contributed by atoms with Crippen molar-refractivity contribution < 1.29 is 9.50 Å². The van der Waals surface area contributed by atoms with E-state index in [4.69, 9.17) is 0 Å². The molecular formula is C10H20FNO. The zero-order valence-corrected chi connectivity index (χ0v) is 8.38. The number of alkyl halides is 1. The van der Waals surface area contributed by atoms with Crippen molar-refractivity contribution in [3.63, 3.8) is 0 Å². The lowest BCUT2D eigenvalue weighted by molar-refractivity contribution is 0.170. The van der Waals surface area contributed by atoms with E-state index in [2.05, 4.69) is 11.8 Å². The fourth-order valence-corrected chi connectivity index (χ4v) is 2.08. The lowest BCUT2D eigenvalue weighted by Gasteiger charge is -2.22. The molecule has 2 atom stereocenters. The Bertz CT molecular complexity index is 143. The Labute approximate surface area is 79.7 Å². The molecule has 0 radical (unpaired) electrons. The molecule has 1 saturated heterocycles. The van der Waals surface area contributed by atoms with Crippen LogP contribution in [0.5, 0.6) is 0 Å². The maximum atomic E-state index is 12.1. The third-order valence-corrected chi connectivity index (χ3v) is 2.77. The first-order valence-electron chi connectivity index (χ1n) is 5.26. The van der Waals surface area contributed by atoms with Crippen LogP contribution in [0.1, 0.15) is 32.6 Å². The van der Waals surface area contributed by atoms with E-state index in [0.717, 1.165) is 12.8 Å². The molecule has 1 aliphatic rings.